The molecule has 1 aromatic carbocycles. The molecule has 2 heterocycles. The molecule has 0 radical (unpaired) electrons. The molecule has 1 aliphatic heterocycles. The molecule has 1 aromatic heterocycles. The molecule has 2 aromatic rings. The number of hydroxylamine groups is 1. The van der Waals surface area contributed by atoms with Crippen molar-refractivity contribution in [1.29, 1.82) is 0 Å². The first-order valence-corrected chi connectivity index (χ1v) is 8.33. The highest BCUT2D eigenvalue weighted by atomic mass is 16.5. The number of benzene rings is 1. The largest absolute Gasteiger partial charge is 0.367 e. The van der Waals surface area contributed by atoms with Gasteiger partial charge in [0.05, 0.1) is 0 Å². The Bertz CT molecular complexity index is 822. The highest BCUT2D eigenvalue weighted by Gasteiger charge is 2.24. The summed E-state index contributed by atoms with van der Waals surface area (Å²) in [5, 5.41) is 12.7. The van der Waals surface area contributed by atoms with Crippen LogP contribution in [-0.4, -0.2) is 57.9 Å². The Hall–Kier alpha value is -3.13. The van der Waals surface area contributed by atoms with Gasteiger partial charge >= 0.3 is 0 Å². The van der Waals surface area contributed by atoms with Crippen molar-refractivity contribution in [3.05, 3.63) is 53.9 Å². The molecule has 0 aliphatic carbocycles. The summed E-state index contributed by atoms with van der Waals surface area (Å²) < 4.78 is 1.58. The van der Waals surface area contributed by atoms with Gasteiger partial charge in [-0.1, -0.05) is 18.2 Å². The molecule has 1 fully saturated rings. The van der Waals surface area contributed by atoms with Crippen molar-refractivity contribution in [2.75, 3.05) is 31.1 Å². The number of carbonyl (C=O) groups excluding carboxylic acids is 2. The smallest absolute Gasteiger partial charge is 0.272 e. The summed E-state index contributed by atoms with van der Waals surface area (Å²) in [6, 6.07) is 9.44. The number of piperazine rings is 1. The lowest BCUT2D eigenvalue weighted by atomic mass is 10.1. The number of aryl methyl sites for hydroxylation is 1. The number of rotatable bonds is 4. The Balaban J connectivity index is 1.69. The minimum Gasteiger partial charge on any atom is -0.367 e. The van der Waals surface area contributed by atoms with Gasteiger partial charge in [-0.25, -0.2) is 5.48 Å². The van der Waals surface area contributed by atoms with Gasteiger partial charge in [-0.2, -0.15) is 5.10 Å². The molecule has 0 bridgehead atoms. The number of nitrogens with one attached hydrogen (secondary N) is 1. The fourth-order valence-corrected chi connectivity index (χ4v) is 3.02. The van der Waals surface area contributed by atoms with Crippen LogP contribution >= 0.6 is 0 Å². The van der Waals surface area contributed by atoms with Crippen molar-refractivity contribution in [2.45, 2.75) is 0 Å². The fourth-order valence-electron chi connectivity index (χ4n) is 3.02. The molecule has 2 amide bonds. The average molecular weight is 355 g/mol. The summed E-state index contributed by atoms with van der Waals surface area (Å²) in [4.78, 5) is 27.8. The maximum absolute atomic E-state index is 12.6. The van der Waals surface area contributed by atoms with Crippen molar-refractivity contribution in [1.82, 2.24) is 20.2 Å². The van der Waals surface area contributed by atoms with E-state index in [-0.39, 0.29) is 5.91 Å². The highest BCUT2D eigenvalue weighted by Crippen LogP contribution is 2.23. The van der Waals surface area contributed by atoms with E-state index >= 15 is 0 Å². The third-order valence-corrected chi connectivity index (χ3v) is 4.41. The molecule has 26 heavy (non-hydrogen) atoms. The Morgan fingerprint density at radius 1 is 1.15 bits per heavy atom. The number of para-hydroxylation sites is 1. The van der Waals surface area contributed by atoms with E-state index in [4.69, 9.17) is 5.21 Å². The second-order valence-corrected chi connectivity index (χ2v) is 5.99. The molecule has 2 N–H and O–H groups in total. The maximum Gasteiger partial charge on any atom is 0.272 e. The molecular formula is C18H21N5O3. The maximum atomic E-state index is 12.6. The predicted octanol–water partition coefficient (Wildman–Crippen LogP) is 0.901. The van der Waals surface area contributed by atoms with Gasteiger partial charge in [0.2, 0.25) is 0 Å². The lowest BCUT2D eigenvalue weighted by Gasteiger charge is -2.36. The zero-order valence-corrected chi connectivity index (χ0v) is 14.5. The summed E-state index contributed by atoms with van der Waals surface area (Å²) >= 11 is 0. The molecule has 1 saturated heterocycles. The van der Waals surface area contributed by atoms with E-state index in [1.807, 2.05) is 29.2 Å². The molecule has 136 valence electrons. The number of nitrogens with zero attached hydrogens (tertiary/aromatic N) is 4. The highest BCUT2D eigenvalue weighted by molar-refractivity contribution is 5.93. The minimum absolute atomic E-state index is 0.0163. The van der Waals surface area contributed by atoms with E-state index in [0.29, 0.717) is 31.9 Å². The zero-order chi connectivity index (χ0) is 18.5. The van der Waals surface area contributed by atoms with Gasteiger partial charge in [0.15, 0.2) is 0 Å². The van der Waals surface area contributed by atoms with Gasteiger partial charge in [-0.15, -0.1) is 0 Å². The van der Waals surface area contributed by atoms with E-state index in [2.05, 4.69) is 10.00 Å². The van der Waals surface area contributed by atoms with Crippen molar-refractivity contribution in [3.63, 3.8) is 0 Å². The van der Waals surface area contributed by atoms with E-state index < -0.39 is 5.91 Å². The summed E-state index contributed by atoms with van der Waals surface area (Å²) in [6.07, 6.45) is 4.56. The first kappa shape index (κ1) is 17.7. The normalized spacial score (nSPS) is 14.7. The van der Waals surface area contributed by atoms with Crippen LogP contribution < -0.4 is 10.4 Å². The van der Waals surface area contributed by atoms with E-state index in [9.17, 15) is 9.59 Å². The number of anilines is 1. The van der Waals surface area contributed by atoms with Crippen LogP contribution in [0.4, 0.5) is 5.69 Å². The Morgan fingerprint density at radius 3 is 2.54 bits per heavy atom. The van der Waals surface area contributed by atoms with Gasteiger partial charge in [-0.3, -0.25) is 19.5 Å². The molecule has 8 heteroatoms. The van der Waals surface area contributed by atoms with Crippen molar-refractivity contribution >= 4 is 23.6 Å². The SMILES string of the molecule is Cn1nccc1C(=O)N1CCN(c2ccccc2/C=C/C(=O)NO)CC1. The second-order valence-electron chi connectivity index (χ2n) is 5.99. The zero-order valence-electron chi connectivity index (χ0n) is 14.5. The van der Waals surface area contributed by atoms with Crippen LogP contribution in [0.15, 0.2) is 42.6 Å². The third-order valence-electron chi connectivity index (χ3n) is 4.41. The summed E-state index contributed by atoms with van der Waals surface area (Å²) in [7, 11) is 1.76. The van der Waals surface area contributed by atoms with Crippen molar-refractivity contribution < 1.29 is 14.8 Å². The average Bonchev–Trinajstić information content (AvgIpc) is 3.11. The Kier molecular flexibility index (Phi) is 5.33. The van der Waals surface area contributed by atoms with Gasteiger partial charge in [0.1, 0.15) is 5.69 Å². The van der Waals surface area contributed by atoms with Gasteiger partial charge in [0.25, 0.3) is 11.8 Å². The fraction of sp³-hybridized carbons (Fsp3) is 0.278. The van der Waals surface area contributed by atoms with E-state index in [1.165, 1.54) is 6.08 Å². The summed E-state index contributed by atoms with van der Waals surface area (Å²) in [6.45, 7) is 2.61. The molecular weight excluding hydrogens is 334 g/mol. The Labute approximate surface area is 151 Å². The van der Waals surface area contributed by atoms with Crippen LogP contribution in [0.25, 0.3) is 6.08 Å². The number of amides is 2. The van der Waals surface area contributed by atoms with Crippen LogP contribution in [0.2, 0.25) is 0 Å². The van der Waals surface area contributed by atoms with Gasteiger partial charge in [0, 0.05) is 51.2 Å². The van der Waals surface area contributed by atoms with Crippen LogP contribution in [0.3, 0.4) is 0 Å². The van der Waals surface area contributed by atoms with Gasteiger partial charge < -0.3 is 9.80 Å². The monoisotopic (exact) mass is 355 g/mol. The summed E-state index contributed by atoms with van der Waals surface area (Å²) in [5.41, 5.74) is 4.03. The predicted molar refractivity (Wildman–Crippen MR) is 96.7 cm³/mol. The number of hydrogen-bond acceptors (Lipinski definition) is 5. The molecule has 1 aliphatic rings. The molecule has 0 spiro atoms. The van der Waals surface area contributed by atoms with Crippen molar-refractivity contribution in [2.24, 2.45) is 7.05 Å². The van der Waals surface area contributed by atoms with Crippen LogP contribution in [0, 0.1) is 0 Å². The first-order valence-electron chi connectivity index (χ1n) is 8.33. The van der Waals surface area contributed by atoms with Crippen molar-refractivity contribution in [3.8, 4) is 0 Å². The first-order chi connectivity index (χ1) is 12.6. The lowest BCUT2D eigenvalue weighted by Crippen LogP contribution is -2.49. The quantitative estimate of drug-likeness (QED) is 0.483. The minimum atomic E-state index is -0.577. The van der Waals surface area contributed by atoms with E-state index in [1.54, 1.807) is 35.5 Å². The standard InChI is InChI=1S/C18H21N5O3/c1-21-16(8-9-19-21)18(25)23-12-10-22(11-13-23)15-5-3-2-4-14(15)6-7-17(24)20-26/h2-9,26H,10-13H2,1H3,(H,20,24)/b7-6+. The van der Waals surface area contributed by atoms with Crippen LogP contribution in [0.1, 0.15) is 16.1 Å². The van der Waals surface area contributed by atoms with Crippen LogP contribution in [-0.2, 0) is 11.8 Å². The summed E-state index contributed by atoms with van der Waals surface area (Å²) in [5.74, 6) is -0.594. The lowest BCUT2D eigenvalue weighted by molar-refractivity contribution is -0.124. The number of carbonyl (C=O) groups is 2. The van der Waals surface area contributed by atoms with E-state index in [0.717, 1.165) is 11.3 Å². The Morgan fingerprint density at radius 2 is 1.88 bits per heavy atom. The number of hydrogen-bond donors (Lipinski definition) is 2. The molecule has 0 atom stereocenters. The number of aromatic nitrogens is 2. The molecule has 0 unspecified atom stereocenters. The molecule has 3 rings (SSSR count). The van der Waals surface area contributed by atoms with Gasteiger partial charge in [-0.05, 0) is 23.8 Å². The molecule has 0 saturated carbocycles. The van der Waals surface area contributed by atoms with Crippen LogP contribution in [0.5, 0.6) is 0 Å². The molecule has 8 nitrogen and oxygen atoms in total. The second kappa shape index (κ2) is 7.83. The third kappa shape index (κ3) is 3.75. The topological polar surface area (TPSA) is 90.7 Å².